The Morgan fingerprint density at radius 2 is 1.25 bits per heavy atom. The molecule has 0 N–H and O–H groups in total. The highest BCUT2D eigenvalue weighted by molar-refractivity contribution is 4.50. The summed E-state index contributed by atoms with van der Waals surface area (Å²) in [7, 11) is 4.30. The summed E-state index contributed by atoms with van der Waals surface area (Å²) in [5, 5.41) is 0. The van der Waals surface area contributed by atoms with Crippen LogP contribution in [0.25, 0.3) is 0 Å². The molecule has 0 atom stereocenters. The summed E-state index contributed by atoms with van der Waals surface area (Å²) in [5.74, 6) is 0. The topological polar surface area (TPSA) is 5.90 Å². The molecule has 0 fully saturated rings. The van der Waals surface area contributed by atoms with Gasteiger partial charge in [-0.1, -0.05) is 39.0 Å². The van der Waals surface area contributed by atoms with E-state index < -0.39 is 0 Å². The van der Waals surface area contributed by atoms with Gasteiger partial charge in [-0.2, -0.15) is 4.90 Å². The number of hydrogen-bond acceptors (Lipinski definition) is 1. The molecule has 12 heavy (non-hydrogen) atoms. The average molecular weight is 171 g/mol. The van der Waals surface area contributed by atoms with Crippen LogP contribution in [-0.4, -0.2) is 20.6 Å². The molecule has 0 amide bonds. The van der Waals surface area contributed by atoms with Crippen LogP contribution in [0.2, 0.25) is 0 Å². The molecule has 0 spiro atoms. The minimum atomic E-state index is 1.26. The van der Waals surface area contributed by atoms with Gasteiger partial charge in [0, 0.05) is 6.42 Å². The van der Waals surface area contributed by atoms with E-state index in [1.54, 1.807) is 0 Å². The molecule has 1 nitrogen and oxygen atoms in total. The van der Waals surface area contributed by atoms with E-state index in [1.807, 2.05) is 0 Å². The Labute approximate surface area is 78.1 Å². The highest BCUT2D eigenvalue weighted by atomic mass is 15.0. The molecule has 0 unspecified atom stereocenters. The molecule has 0 aromatic rings. The van der Waals surface area contributed by atoms with Crippen molar-refractivity contribution in [2.45, 2.75) is 51.9 Å². The zero-order chi connectivity index (χ0) is 9.23. The van der Waals surface area contributed by atoms with Crippen molar-refractivity contribution in [2.75, 3.05) is 20.6 Å². The van der Waals surface area contributed by atoms with E-state index in [4.69, 9.17) is 0 Å². The van der Waals surface area contributed by atoms with Crippen LogP contribution in [0.4, 0.5) is 0 Å². The average Bonchev–Trinajstić information content (AvgIpc) is 2.02. The van der Waals surface area contributed by atoms with Crippen LogP contribution in [0.3, 0.4) is 0 Å². The van der Waals surface area contributed by atoms with Crippen LogP contribution in [0.5, 0.6) is 0 Å². The van der Waals surface area contributed by atoms with Gasteiger partial charge in [0.2, 0.25) is 0 Å². The molecule has 1 heteroatoms. The molecule has 1 radical (unpaired) electrons. The molecule has 0 aliphatic carbocycles. The third-order valence-electron chi connectivity index (χ3n) is 2.21. The first-order valence-corrected chi connectivity index (χ1v) is 5.42. The lowest BCUT2D eigenvalue weighted by Crippen LogP contribution is -2.19. The zero-order valence-electron chi connectivity index (χ0n) is 9.10. The summed E-state index contributed by atoms with van der Waals surface area (Å²) >= 11 is 0. The Kier molecular flexibility index (Phi) is 9.02. The second-order valence-corrected chi connectivity index (χ2v) is 3.92. The monoisotopic (exact) mass is 171 g/mol. The predicted molar refractivity (Wildman–Crippen MR) is 56.8 cm³/mol. The molecule has 0 rings (SSSR count). The Bertz CT molecular complexity index is 79.1. The molecule has 0 bridgehead atoms. The maximum absolute atomic E-state index is 2.27. The normalized spacial score (nSPS) is 11.0. The van der Waals surface area contributed by atoms with Crippen LogP contribution >= 0.6 is 0 Å². The SMILES string of the molecule is CCCCCCCCC[N+](C)C. The minimum absolute atomic E-state index is 1.26. The van der Waals surface area contributed by atoms with Gasteiger partial charge in [0.1, 0.15) is 20.6 Å². The third kappa shape index (κ3) is 9.96. The highest BCUT2D eigenvalue weighted by Gasteiger charge is 1.97. The van der Waals surface area contributed by atoms with Crippen molar-refractivity contribution in [1.82, 2.24) is 4.90 Å². The first kappa shape index (κ1) is 12.0. The maximum Gasteiger partial charge on any atom is 0.122 e. The predicted octanol–water partition coefficient (Wildman–Crippen LogP) is 3.14. The van der Waals surface area contributed by atoms with Crippen LogP contribution in [0.15, 0.2) is 0 Å². The second-order valence-electron chi connectivity index (χ2n) is 3.92. The Morgan fingerprint density at radius 3 is 1.75 bits per heavy atom. The van der Waals surface area contributed by atoms with Gasteiger partial charge in [-0.25, -0.2) is 0 Å². The van der Waals surface area contributed by atoms with Gasteiger partial charge in [-0.05, 0) is 6.42 Å². The minimum Gasteiger partial charge on any atom is -0.175 e. The van der Waals surface area contributed by atoms with Crippen LogP contribution in [-0.2, 0) is 0 Å². The third-order valence-corrected chi connectivity index (χ3v) is 2.21. The molecular weight excluding hydrogens is 146 g/mol. The van der Waals surface area contributed by atoms with Gasteiger partial charge in [0.25, 0.3) is 0 Å². The Balaban J connectivity index is 2.82. The summed E-state index contributed by atoms with van der Waals surface area (Å²) in [6.07, 6.45) is 9.90. The molecular formula is C11H25N+. The van der Waals surface area contributed by atoms with Gasteiger partial charge >= 0.3 is 0 Å². The van der Waals surface area contributed by atoms with Gasteiger partial charge in [-0.15, -0.1) is 0 Å². The maximum atomic E-state index is 2.27. The summed E-state index contributed by atoms with van der Waals surface area (Å²) in [6, 6.07) is 0. The first-order chi connectivity index (χ1) is 5.77. The smallest absolute Gasteiger partial charge is 0.122 e. The fourth-order valence-electron chi connectivity index (χ4n) is 1.39. The van der Waals surface area contributed by atoms with E-state index in [2.05, 4.69) is 25.9 Å². The van der Waals surface area contributed by atoms with Crippen molar-refractivity contribution in [2.24, 2.45) is 0 Å². The van der Waals surface area contributed by atoms with Gasteiger partial charge in [0.05, 0.1) is 0 Å². The van der Waals surface area contributed by atoms with Crippen molar-refractivity contribution >= 4 is 0 Å². The molecule has 0 saturated carbocycles. The molecule has 73 valence electrons. The highest BCUT2D eigenvalue weighted by Crippen LogP contribution is 2.06. The zero-order valence-corrected chi connectivity index (χ0v) is 9.10. The number of nitrogens with zero attached hydrogens (tertiary/aromatic N) is 1. The van der Waals surface area contributed by atoms with Crippen molar-refractivity contribution in [3.05, 3.63) is 0 Å². The molecule has 0 aliphatic heterocycles. The summed E-state index contributed by atoms with van der Waals surface area (Å²) in [5.41, 5.74) is 0. The Morgan fingerprint density at radius 1 is 0.750 bits per heavy atom. The number of hydrogen-bond donors (Lipinski definition) is 0. The van der Waals surface area contributed by atoms with E-state index >= 15 is 0 Å². The molecule has 0 aliphatic rings. The molecule has 0 aromatic carbocycles. The van der Waals surface area contributed by atoms with E-state index in [0.717, 1.165) is 0 Å². The van der Waals surface area contributed by atoms with E-state index in [0.29, 0.717) is 0 Å². The first-order valence-electron chi connectivity index (χ1n) is 5.42. The lowest BCUT2D eigenvalue weighted by atomic mass is 10.1. The lowest BCUT2D eigenvalue weighted by molar-refractivity contribution is 0.506. The standard InChI is InChI=1S/C11H25N/c1-4-5-6-7-8-9-10-11-12(2)3/h4-11H2,1-3H3/q+1. The fourth-order valence-corrected chi connectivity index (χ4v) is 1.39. The number of rotatable bonds is 8. The summed E-state index contributed by atoms with van der Waals surface area (Å²) in [4.78, 5) is 2.27. The van der Waals surface area contributed by atoms with Crippen LogP contribution in [0, 0.1) is 0 Å². The van der Waals surface area contributed by atoms with Gasteiger partial charge < -0.3 is 0 Å². The van der Waals surface area contributed by atoms with Gasteiger partial charge in [-0.3, -0.25) is 0 Å². The largest absolute Gasteiger partial charge is 0.175 e. The van der Waals surface area contributed by atoms with Crippen molar-refractivity contribution < 1.29 is 0 Å². The lowest BCUT2D eigenvalue weighted by Gasteiger charge is -2.01. The van der Waals surface area contributed by atoms with E-state index in [1.165, 1.54) is 51.5 Å². The quantitative estimate of drug-likeness (QED) is 0.391. The van der Waals surface area contributed by atoms with Crippen molar-refractivity contribution in [3.8, 4) is 0 Å². The van der Waals surface area contributed by atoms with Crippen molar-refractivity contribution in [3.63, 3.8) is 0 Å². The fraction of sp³-hybridized carbons (Fsp3) is 1.00. The van der Waals surface area contributed by atoms with E-state index in [-0.39, 0.29) is 0 Å². The van der Waals surface area contributed by atoms with Crippen LogP contribution in [0.1, 0.15) is 51.9 Å². The van der Waals surface area contributed by atoms with Crippen molar-refractivity contribution in [1.29, 1.82) is 0 Å². The second kappa shape index (κ2) is 9.05. The molecule has 0 saturated heterocycles. The van der Waals surface area contributed by atoms with E-state index in [9.17, 15) is 0 Å². The molecule has 0 heterocycles. The van der Waals surface area contributed by atoms with Gasteiger partial charge in [0.15, 0.2) is 0 Å². The summed E-state index contributed by atoms with van der Waals surface area (Å²) in [6.45, 7) is 3.53. The number of unbranched alkanes of at least 4 members (excludes halogenated alkanes) is 6. The molecule has 0 aromatic heterocycles. The van der Waals surface area contributed by atoms with Crippen LogP contribution < -0.4 is 4.90 Å². The Hall–Kier alpha value is -0.0400. The summed E-state index contributed by atoms with van der Waals surface area (Å²) < 4.78 is 0.